The molecule has 1 atom stereocenters. The average molecular weight is 399 g/mol. The number of anilines is 2. The van der Waals surface area contributed by atoms with E-state index in [1.165, 1.54) is 16.8 Å². The summed E-state index contributed by atoms with van der Waals surface area (Å²) in [5, 5.41) is 10.2. The van der Waals surface area contributed by atoms with Crippen molar-refractivity contribution >= 4 is 34.9 Å². The van der Waals surface area contributed by atoms with Crippen molar-refractivity contribution in [1.29, 1.82) is 0 Å². The molecule has 2 amide bonds. The number of hydrogen-bond donors (Lipinski definition) is 2. The number of benzene rings is 2. The molecule has 142 valence electrons. The summed E-state index contributed by atoms with van der Waals surface area (Å²) in [4.78, 5) is 24.7. The van der Waals surface area contributed by atoms with Crippen LogP contribution < -0.4 is 10.6 Å². The van der Waals surface area contributed by atoms with Gasteiger partial charge in [-0.3, -0.25) is 9.59 Å². The molecule has 0 spiro atoms. The Morgan fingerprint density at radius 2 is 2.04 bits per heavy atom. The van der Waals surface area contributed by atoms with Crippen molar-refractivity contribution in [3.63, 3.8) is 0 Å². The minimum absolute atomic E-state index is 0.0801. The number of aryl methyl sites for hydroxylation is 1. The first-order valence-corrected chi connectivity index (χ1v) is 9.00. The zero-order valence-corrected chi connectivity index (χ0v) is 15.6. The highest BCUT2D eigenvalue weighted by atomic mass is 35.5. The van der Waals surface area contributed by atoms with Crippen molar-refractivity contribution in [3.05, 3.63) is 65.1 Å². The molecular formula is C20H16ClFN4O2. The summed E-state index contributed by atoms with van der Waals surface area (Å²) in [7, 11) is 0. The van der Waals surface area contributed by atoms with Crippen LogP contribution in [0, 0.1) is 12.7 Å². The third-order valence-electron chi connectivity index (χ3n) is 4.57. The Bertz CT molecular complexity index is 1080. The second-order valence-corrected chi connectivity index (χ2v) is 7.04. The van der Waals surface area contributed by atoms with Crippen LogP contribution in [0.2, 0.25) is 5.02 Å². The maximum absolute atomic E-state index is 13.9. The molecule has 1 aliphatic heterocycles. The summed E-state index contributed by atoms with van der Waals surface area (Å²) in [5.41, 5.74) is 2.41. The van der Waals surface area contributed by atoms with Gasteiger partial charge in [0.15, 0.2) is 0 Å². The second kappa shape index (κ2) is 7.09. The van der Waals surface area contributed by atoms with Gasteiger partial charge in [0.25, 0.3) is 5.91 Å². The number of hydrogen-bond acceptors (Lipinski definition) is 3. The SMILES string of the molecule is Cc1ccc(NC(=O)CC2C(=O)Nc3c(-c4ccc(Cl)cc4)cnn32)c(F)c1. The predicted octanol–water partition coefficient (Wildman–Crippen LogP) is 4.17. The second-order valence-electron chi connectivity index (χ2n) is 6.60. The molecular weight excluding hydrogens is 383 g/mol. The molecule has 1 aliphatic rings. The lowest BCUT2D eigenvalue weighted by atomic mass is 10.1. The lowest BCUT2D eigenvalue weighted by molar-refractivity contribution is -0.123. The molecule has 1 unspecified atom stereocenters. The number of nitrogens with zero attached hydrogens (tertiary/aromatic N) is 2. The van der Waals surface area contributed by atoms with Gasteiger partial charge in [-0.25, -0.2) is 9.07 Å². The molecule has 2 aromatic carbocycles. The molecule has 0 aliphatic carbocycles. The Hall–Kier alpha value is -3.19. The minimum atomic E-state index is -0.801. The number of nitrogens with one attached hydrogen (secondary N) is 2. The molecule has 2 N–H and O–H groups in total. The number of amides is 2. The standard InChI is InChI=1S/C20H16ClFN4O2/c1-11-2-7-16(15(22)8-11)24-18(27)9-17-20(28)25-19-14(10-23-26(17)19)12-3-5-13(21)6-4-12/h2-8,10,17H,9H2,1H3,(H,24,27)(H,25,28). The zero-order chi connectivity index (χ0) is 19.8. The van der Waals surface area contributed by atoms with Crippen LogP contribution in [0.4, 0.5) is 15.9 Å². The summed E-state index contributed by atoms with van der Waals surface area (Å²) >= 11 is 5.92. The highest BCUT2D eigenvalue weighted by molar-refractivity contribution is 6.30. The molecule has 4 rings (SSSR count). The lowest BCUT2D eigenvalue weighted by Gasteiger charge is -2.10. The first-order valence-electron chi connectivity index (χ1n) is 8.62. The molecule has 3 aromatic rings. The van der Waals surface area contributed by atoms with Gasteiger partial charge in [-0.15, -0.1) is 0 Å². The number of fused-ring (bicyclic) bond motifs is 1. The molecule has 0 fully saturated rings. The summed E-state index contributed by atoms with van der Waals surface area (Å²) in [5.74, 6) is -0.808. The Morgan fingerprint density at radius 3 is 2.75 bits per heavy atom. The van der Waals surface area contributed by atoms with E-state index >= 15 is 0 Å². The van der Waals surface area contributed by atoms with E-state index in [0.29, 0.717) is 10.8 Å². The van der Waals surface area contributed by atoms with Gasteiger partial charge in [0.2, 0.25) is 5.91 Å². The summed E-state index contributed by atoms with van der Waals surface area (Å²) in [6.07, 6.45) is 1.47. The molecule has 28 heavy (non-hydrogen) atoms. The number of aromatic nitrogens is 2. The molecule has 0 saturated heterocycles. The van der Waals surface area contributed by atoms with Gasteiger partial charge in [-0.05, 0) is 42.3 Å². The minimum Gasteiger partial charge on any atom is -0.324 e. The summed E-state index contributed by atoms with van der Waals surface area (Å²) < 4.78 is 15.4. The number of rotatable bonds is 4. The monoisotopic (exact) mass is 398 g/mol. The number of halogens is 2. The Kier molecular flexibility index (Phi) is 4.60. The van der Waals surface area contributed by atoms with Crippen molar-refractivity contribution in [2.45, 2.75) is 19.4 Å². The number of carbonyl (C=O) groups excluding carboxylic acids is 2. The van der Waals surface area contributed by atoms with E-state index in [2.05, 4.69) is 15.7 Å². The fourth-order valence-corrected chi connectivity index (χ4v) is 3.28. The van der Waals surface area contributed by atoms with Gasteiger partial charge in [0.1, 0.15) is 17.7 Å². The zero-order valence-electron chi connectivity index (χ0n) is 14.9. The third kappa shape index (κ3) is 3.36. The van der Waals surface area contributed by atoms with Crippen molar-refractivity contribution in [3.8, 4) is 11.1 Å². The van der Waals surface area contributed by atoms with Crippen molar-refractivity contribution in [2.24, 2.45) is 0 Å². The van der Waals surface area contributed by atoms with Crippen LogP contribution in [-0.2, 0) is 9.59 Å². The van der Waals surface area contributed by atoms with Gasteiger partial charge < -0.3 is 10.6 Å². The van der Waals surface area contributed by atoms with Crippen molar-refractivity contribution in [2.75, 3.05) is 10.6 Å². The van der Waals surface area contributed by atoms with Crippen LogP contribution >= 0.6 is 11.6 Å². The van der Waals surface area contributed by atoms with Crippen LogP contribution in [0.1, 0.15) is 18.0 Å². The van der Waals surface area contributed by atoms with Gasteiger partial charge in [0.05, 0.1) is 18.3 Å². The Morgan fingerprint density at radius 1 is 1.29 bits per heavy atom. The van der Waals surface area contributed by atoms with Crippen LogP contribution in [0.15, 0.2) is 48.7 Å². The largest absolute Gasteiger partial charge is 0.324 e. The van der Waals surface area contributed by atoms with Crippen molar-refractivity contribution in [1.82, 2.24) is 9.78 Å². The normalized spacial score (nSPS) is 15.2. The molecule has 6 nitrogen and oxygen atoms in total. The molecule has 0 bridgehead atoms. The fourth-order valence-electron chi connectivity index (χ4n) is 3.15. The van der Waals surface area contributed by atoms with Gasteiger partial charge in [-0.2, -0.15) is 5.10 Å². The van der Waals surface area contributed by atoms with Crippen LogP contribution in [0.25, 0.3) is 11.1 Å². The number of carbonyl (C=O) groups is 2. The maximum atomic E-state index is 13.9. The van der Waals surface area contributed by atoms with Gasteiger partial charge >= 0.3 is 0 Å². The molecule has 2 heterocycles. The lowest BCUT2D eigenvalue weighted by Crippen LogP contribution is -2.23. The van der Waals surface area contributed by atoms with Crippen LogP contribution in [0.3, 0.4) is 0 Å². The Balaban J connectivity index is 1.53. The molecule has 8 heteroatoms. The molecule has 0 radical (unpaired) electrons. The first-order chi connectivity index (χ1) is 13.4. The van der Waals surface area contributed by atoms with E-state index in [0.717, 1.165) is 16.7 Å². The van der Waals surface area contributed by atoms with E-state index in [4.69, 9.17) is 11.6 Å². The maximum Gasteiger partial charge on any atom is 0.251 e. The predicted molar refractivity (Wildman–Crippen MR) is 105 cm³/mol. The molecule has 1 aromatic heterocycles. The smallest absolute Gasteiger partial charge is 0.251 e. The molecule has 0 saturated carbocycles. The summed E-state index contributed by atoms with van der Waals surface area (Å²) in [6, 6.07) is 10.9. The third-order valence-corrected chi connectivity index (χ3v) is 4.82. The fraction of sp³-hybridized carbons (Fsp3) is 0.150. The highest BCUT2D eigenvalue weighted by Crippen LogP contribution is 2.36. The quantitative estimate of drug-likeness (QED) is 0.692. The van der Waals surface area contributed by atoms with E-state index in [1.807, 2.05) is 12.1 Å². The van der Waals surface area contributed by atoms with Crippen molar-refractivity contribution < 1.29 is 14.0 Å². The van der Waals surface area contributed by atoms with Crippen LogP contribution in [0.5, 0.6) is 0 Å². The topological polar surface area (TPSA) is 76.0 Å². The van der Waals surface area contributed by atoms with Crippen LogP contribution in [-0.4, -0.2) is 21.6 Å². The average Bonchev–Trinajstić information content (AvgIpc) is 3.18. The van der Waals surface area contributed by atoms with E-state index in [-0.39, 0.29) is 18.0 Å². The first kappa shape index (κ1) is 18.2. The van der Waals surface area contributed by atoms with E-state index in [9.17, 15) is 14.0 Å². The Labute approximate surface area is 165 Å². The van der Waals surface area contributed by atoms with E-state index < -0.39 is 17.8 Å². The summed E-state index contributed by atoms with van der Waals surface area (Å²) in [6.45, 7) is 1.76. The van der Waals surface area contributed by atoms with Gasteiger partial charge in [0, 0.05) is 10.6 Å². The van der Waals surface area contributed by atoms with E-state index in [1.54, 1.807) is 31.3 Å². The highest BCUT2D eigenvalue weighted by Gasteiger charge is 2.35. The van der Waals surface area contributed by atoms with Gasteiger partial charge in [-0.1, -0.05) is 29.8 Å².